The van der Waals surface area contributed by atoms with Gasteiger partial charge in [-0.05, 0) is 24.3 Å². The lowest BCUT2D eigenvalue weighted by Crippen LogP contribution is -2.17. The zero-order valence-electron chi connectivity index (χ0n) is 9.99. The number of ether oxygens (including phenoxy) is 1. The van der Waals surface area contributed by atoms with Crippen LogP contribution in [0.2, 0.25) is 0 Å². The number of para-hydroxylation sites is 1. The number of hydrogen-bond acceptors (Lipinski definition) is 3. The minimum Gasteiger partial charge on any atom is -0.405 e. The van der Waals surface area contributed by atoms with Gasteiger partial charge >= 0.3 is 6.36 Å². The van der Waals surface area contributed by atoms with Gasteiger partial charge < -0.3 is 9.84 Å². The second kappa shape index (κ2) is 5.46. The highest BCUT2D eigenvalue weighted by Gasteiger charge is 2.32. The first-order valence-corrected chi connectivity index (χ1v) is 5.52. The van der Waals surface area contributed by atoms with Gasteiger partial charge in [-0.2, -0.15) is 0 Å². The van der Waals surface area contributed by atoms with E-state index >= 15 is 0 Å². The molecule has 20 heavy (non-hydrogen) atoms. The molecule has 106 valence electrons. The second-order valence-corrected chi connectivity index (χ2v) is 3.84. The number of pyridine rings is 1. The largest absolute Gasteiger partial charge is 0.573 e. The Balaban J connectivity index is 2.52. The molecule has 2 rings (SSSR count). The Hall–Kier alpha value is -2.15. The number of rotatable bonds is 3. The molecular formula is C13H9F4NO2. The fourth-order valence-electron chi connectivity index (χ4n) is 1.64. The Morgan fingerprint density at radius 2 is 1.80 bits per heavy atom. The molecule has 0 aliphatic rings. The van der Waals surface area contributed by atoms with E-state index in [0.29, 0.717) is 0 Å². The molecule has 0 spiro atoms. The summed E-state index contributed by atoms with van der Waals surface area (Å²) >= 11 is 0. The van der Waals surface area contributed by atoms with Gasteiger partial charge in [-0.25, -0.2) is 9.37 Å². The van der Waals surface area contributed by atoms with Gasteiger partial charge in [0.05, 0.1) is 12.3 Å². The van der Waals surface area contributed by atoms with Crippen LogP contribution in [0.3, 0.4) is 0 Å². The van der Waals surface area contributed by atoms with Crippen LogP contribution in [-0.4, -0.2) is 16.5 Å². The van der Waals surface area contributed by atoms with Crippen LogP contribution >= 0.6 is 0 Å². The number of nitrogens with zero attached hydrogens (tertiary/aromatic N) is 1. The van der Waals surface area contributed by atoms with E-state index in [9.17, 15) is 17.6 Å². The van der Waals surface area contributed by atoms with Crippen LogP contribution in [0.5, 0.6) is 5.75 Å². The number of alkyl halides is 3. The lowest BCUT2D eigenvalue weighted by Gasteiger charge is -2.13. The summed E-state index contributed by atoms with van der Waals surface area (Å²) in [5.74, 6) is -1.36. The average Bonchev–Trinajstić information content (AvgIpc) is 2.38. The summed E-state index contributed by atoms with van der Waals surface area (Å²) in [5.41, 5.74) is -0.308. The van der Waals surface area contributed by atoms with Crippen LogP contribution < -0.4 is 4.74 Å². The molecule has 0 saturated heterocycles. The maximum absolute atomic E-state index is 13.7. The van der Waals surface area contributed by atoms with Gasteiger partial charge in [-0.3, -0.25) is 0 Å². The Labute approximate surface area is 111 Å². The van der Waals surface area contributed by atoms with Crippen molar-refractivity contribution in [1.82, 2.24) is 4.98 Å². The molecule has 0 atom stereocenters. The molecule has 0 radical (unpaired) electrons. The highest BCUT2D eigenvalue weighted by Crippen LogP contribution is 2.33. The average molecular weight is 287 g/mol. The summed E-state index contributed by atoms with van der Waals surface area (Å²) < 4.78 is 54.5. The van der Waals surface area contributed by atoms with Gasteiger partial charge in [0.25, 0.3) is 0 Å². The molecule has 0 amide bonds. The minimum atomic E-state index is -4.89. The number of halogens is 4. The minimum absolute atomic E-state index is 0.141. The third-order valence-electron chi connectivity index (χ3n) is 2.43. The molecule has 3 nitrogen and oxygen atoms in total. The first-order chi connectivity index (χ1) is 9.40. The van der Waals surface area contributed by atoms with E-state index in [0.717, 1.165) is 12.1 Å². The summed E-state index contributed by atoms with van der Waals surface area (Å²) in [6, 6.07) is 7.36. The molecule has 0 aliphatic heterocycles. The molecule has 0 unspecified atom stereocenters. The van der Waals surface area contributed by atoms with E-state index in [4.69, 9.17) is 5.11 Å². The lowest BCUT2D eigenvalue weighted by atomic mass is 10.1. The Morgan fingerprint density at radius 1 is 1.10 bits per heavy atom. The van der Waals surface area contributed by atoms with Crippen LogP contribution in [0.15, 0.2) is 36.4 Å². The number of aromatic nitrogens is 1. The molecule has 1 N–H and O–H groups in total. The van der Waals surface area contributed by atoms with Crippen LogP contribution in [0.1, 0.15) is 5.69 Å². The Bertz CT molecular complexity index is 614. The molecule has 0 bridgehead atoms. The fourth-order valence-corrected chi connectivity index (χ4v) is 1.64. The molecule has 0 aliphatic carbocycles. The van der Waals surface area contributed by atoms with Gasteiger partial charge in [0.15, 0.2) is 0 Å². The smallest absolute Gasteiger partial charge is 0.405 e. The highest BCUT2D eigenvalue weighted by molar-refractivity contribution is 5.67. The number of benzene rings is 1. The van der Waals surface area contributed by atoms with Crippen molar-refractivity contribution in [2.45, 2.75) is 13.0 Å². The summed E-state index contributed by atoms with van der Waals surface area (Å²) in [6.07, 6.45) is -4.89. The lowest BCUT2D eigenvalue weighted by molar-refractivity contribution is -0.274. The van der Waals surface area contributed by atoms with Gasteiger partial charge in [-0.1, -0.05) is 12.1 Å². The van der Waals surface area contributed by atoms with Gasteiger partial charge in [0, 0.05) is 5.56 Å². The zero-order chi connectivity index (χ0) is 14.8. The molecule has 1 aromatic carbocycles. The predicted octanol–water partition coefficient (Wildman–Crippen LogP) is 3.28. The monoisotopic (exact) mass is 287 g/mol. The molecule has 7 heteroatoms. The van der Waals surface area contributed by atoms with E-state index in [1.807, 2.05) is 0 Å². The summed E-state index contributed by atoms with van der Waals surface area (Å²) in [5, 5.41) is 8.96. The first kappa shape index (κ1) is 14.3. The normalized spacial score (nSPS) is 11.4. The third-order valence-corrected chi connectivity index (χ3v) is 2.43. The molecule has 1 heterocycles. The molecule has 0 saturated carbocycles. The van der Waals surface area contributed by atoms with Gasteiger partial charge in [0.2, 0.25) is 0 Å². The van der Waals surface area contributed by atoms with Crippen LogP contribution in [0.25, 0.3) is 11.3 Å². The van der Waals surface area contributed by atoms with Crippen LogP contribution in [-0.2, 0) is 6.61 Å². The maximum Gasteiger partial charge on any atom is 0.573 e. The number of aliphatic hydroxyl groups excluding tert-OH is 1. The van der Waals surface area contributed by atoms with Crippen LogP contribution in [0.4, 0.5) is 17.6 Å². The van der Waals surface area contributed by atoms with E-state index in [2.05, 4.69) is 9.72 Å². The van der Waals surface area contributed by atoms with Crippen molar-refractivity contribution < 1.29 is 27.4 Å². The fraction of sp³-hybridized carbons (Fsp3) is 0.154. The zero-order valence-corrected chi connectivity index (χ0v) is 9.99. The summed E-state index contributed by atoms with van der Waals surface area (Å²) in [6.45, 7) is -0.449. The van der Waals surface area contributed by atoms with Crippen molar-refractivity contribution in [3.05, 3.63) is 47.9 Å². The molecule has 1 aromatic heterocycles. The number of hydrogen-bond donors (Lipinski definition) is 1. The highest BCUT2D eigenvalue weighted by atomic mass is 19.4. The van der Waals surface area contributed by atoms with Gasteiger partial charge in [-0.15, -0.1) is 13.2 Å². The SMILES string of the molecule is OCc1ccc(F)c(-c2ccccc2OC(F)(F)F)n1. The predicted molar refractivity (Wildman–Crippen MR) is 62.2 cm³/mol. The van der Waals surface area contributed by atoms with Crippen molar-refractivity contribution in [2.75, 3.05) is 0 Å². The quantitative estimate of drug-likeness (QED) is 0.881. The molecule has 2 aromatic rings. The molecule has 0 fully saturated rings. The van der Waals surface area contributed by atoms with E-state index in [1.165, 1.54) is 24.3 Å². The maximum atomic E-state index is 13.7. The first-order valence-electron chi connectivity index (χ1n) is 5.52. The second-order valence-electron chi connectivity index (χ2n) is 3.84. The summed E-state index contributed by atoms with van der Waals surface area (Å²) in [4.78, 5) is 3.78. The van der Waals surface area contributed by atoms with Crippen molar-refractivity contribution >= 4 is 0 Å². The third kappa shape index (κ3) is 3.24. The van der Waals surface area contributed by atoms with E-state index in [-0.39, 0.29) is 17.0 Å². The van der Waals surface area contributed by atoms with Gasteiger partial charge in [0.1, 0.15) is 17.3 Å². The van der Waals surface area contributed by atoms with Crippen molar-refractivity contribution in [3.63, 3.8) is 0 Å². The van der Waals surface area contributed by atoms with E-state index < -0.39 is 24.5 Å². The standard InChI is InChI=1S/C13H9F4NO2/c14-10-6-5-8(7-19)18-12(10)9-3-1-2-4-11(9)20-13(15,16)17/h1-6,19H,7H2. The van der Waals surface area contributed by atoms with Crippen molar-refractivity contribution in [3.8, 4) is 17.0 Å². The Kier molecular flexibility index (Phi) is 3.89. The van der Waals surface area contributed by atoms with E-state index in [1.54, 1.807) is 0 Å². The van der Waals surface area contributed by atoms with Crippen molar-refractivity contribution in [2.24, 2.45) is 0 Å². The topological polar surface area (TPSA) is 42.4 Å². The summed E-state index contributed by atoms with van der Waals surface area (Å²) in [7, 11) is 0. The Morgan fingerprint density at radius 3 is 2.45 bits per heavy atom. The van der Waals surface area contributed by atoms with Crippen LogP contribution in [0, 0.1) is 5.82 Å². The van der Waals surface area contributed by atoms with Crippen molar-refractivity contribution in [1.29, 1.82) is 0 Å². The molecular weight excluding hydrogens is 278 g/mol. The number of aliphatic hydroxyl groups is 1.